The average molecular weight is 263 g/mol. The van der Waals surface area contributed by atoms with Crippen LogP contribution in [0.3, 0.4) is 0 Å². The maximum atomic E-state index is 4.50. The first kappa shape index (κ1) is 13.4. The molecule has 2 heterocycles. The first-order valence-corrected chi connectivity index (χ1v) is 7.75. The summed E-state index contributed by atoms with van der Waals surface area (Å²) in [4.78, 5) is 12.1. The molecule has 4 heteroatoms. The average Bonchev–Trinajstić information content (AvgIpc) is 2.81. The van der Waals surface area contributed by atoms with Crippen LogP contribution in [0.4, 0.5) is 0 Å². The van der Waals surface area contributed by atoms with Crippen molar-refractivity contribution in [2.75, 3.05) is 5.75 Å². The van der Waals surface area contributed by atoms with E-state index in [4.69, 9.17) is 0 Å². The smallest absolute Gasteiger partial charge is 0.178 e. The zero-order valence-electron chi connectivity index (χ0n) is 11.1. The molecule has 0 fully saturated rings. The number of nitrogens with zero attached hydrogens (tertiary/aromatic N) is 2. The Kier molecular flexibility index (Phi) is 5.05. The van der Waals surface area contributed by atoms with E-state index in [1.165, 1.54) is 25.7 Å². The topological polar surface area (TPSA) is 41.6 Å². The van der Waals surface area contributed by atoms with E-state index in [1.54, 1.807) is 6.20 Å². The van der Waals surface area contributed by atoms with E-state index >= 15 is 0 Å². The Balaban J connectivity index is 1.92. The van der Waals surface area contributed by atoms with Gasteiger partial charge in [0.25, 0.3) is 0 Å². The maximum Gasteiger partial charge on any atom is 0.178 e. The lowest BCUT2D eigenvalue weighted by atomic mass is 10.0. The van der Waals surface area contributed by atoms with E-state index < -0.39 is 0 Å². The largest absolute Gasteiger partial charge is 0.332 e. The number of unbranched alkanes of at least 4 members (excludes halogenated alkanes) is 1. The molecule has 18 heavy (non-hydrogen) atoms. The molecule has 2 aromatic rings. The molecule has 0 spiro atoms. The summed E-state index contributed by atoms with van der Waals surface area (Å²) in [5, 5.41) is 0.999. The number of H-pyrrole nitrogens is 1. The summed E-state index contributed by atoms with van der Waals surface area (Å²) in [6.45, 7) is 4.53. The molecule has 98 valence electrons. The second kappa shape index (κ2) is 6.78. The number of hydrogen-bond acceptors (Lipinski definition) is 3. The van der Waals surface area contributed by atoms with Crippen LogP contribution in [0.1, 0.15) is 39.5 Å². The zero-order chi connectivity index (χ0) is 12.8. The molecule has 0 bridgehead atoms. The molecule has 0 aliphatic rings. The van der Waals surface area contributed by atoms with E-state index in [-0.39, 0.29) is 0 Å². The third kappa shape index (κ3) is 3.48. The monoisotopic (exact) mass is 263 g/mol. The van der Waals surface area contributed by atoms with Crippen LogP contribution in [0.25, 0.3) is 11.2 Å². The van der Waals surface area contributed by atoms with Gasteiger partial charge in [-0.25, -0.2) is 9.97 Å². The van der Waals surface area contributed by atoms with Crippen molar-refractivity contribution in [1.82, 2.24) is 15.0 Å². The molecule has 3 nitrogen and oxygen atoms in total. The van der Waals surface area contributed by atoms with Crippen molar-refractivity contribution < 1.29 is 0 Å². The quantitative estimate of drug-likeness (QED) is 0.759. The molecule has 0 saturated carbocycles. The number of pyridine rings is 1. The fraction of sp³-hybridized carbons (Fsp3) is 0.571. The first-order valence-electron chi connectivity index (χ1n) is 6.77. The molecule has 0 aliphatic heterocycles. The number of thioether (sulfide) groups is 1. The van der Waals surface area contributed by atoms with Gasteiger partial charge >= 0.3 is 0 Å². The van der Waals surface area contributed by atoms with Crippen LogP contribution in [0.2, 0.25) is 0 Å². The molecular weight excluding hydrogens is 242 g/mol. The van der Waals surface area contributed by atoms with Gasteiger partial charge in [-0.2, -0.15) is 0 Å². The molecule has 0 aromatic carbocycles. The van der Waals surface area contributed by atoms with Crippen molar-refractivity contribution in [2.45, 2.75) is 44.7 Å². The normalized spacial score (nSPS) is 13.0. The second-order valence-corrected chi connectivity index (χ2v) is 5.65. The summed E-state index contributed by atoms with van der Waals surface area (Å²) in [5.74, 6) is 1.95. The Morgan fingerprint density at radius 3 is 3.00 bits per heavy atom. The van der Waals surface area contributed by atoms with Crippen molar-refractivity contribution in [3.05, 3.63) is 18.3 Å². The Morgan fingerprint density at radius 1 is 1.39 bits per heavy atom. The number of rotatable bonds is 7. The highest BCUT2D eigenvalue weighted by atomic mass is 32.2. The minimum absolute atomic E-state index is 0.802. The van der Waals surface area contributed by atoms with Crippen molar-refractivity contribution in [1.29, 1.82) is 0 Å². The summed E-state index contributed by atoms with van der Waals surface area (Å²) in [6.07, 6.45) is 6.99. The molecular formula is C14H21N3S. The van der Waals surface area contributed by atoms with E-state index in [0.29, 0.717) is 0 Å². The van der Waals surface area contributed by atoms with Crippen LogP contribution < -0.4 is 0 Å². The number of hydrogen-bond donors (Lipinski definition) is 1. The molecule has 0 amide bonds. The van der Waals surface area contributed by atoms with Crippen LogP contribution in [0.5, 0.6) is 0 Å². The highest BCUT2D eigenvalue weighted by Gasteiger charge is 2.09. The molecule has 1 atom stereocenters. The van der Waals surface area contributed by atoms with Gasteiger partial charge in [-0.1, -0.05) is 44.9 Å². The van der Waals surface area contributed by atoms with Crippen LogP contribution in [-0.4, -0.2) is 20.7 Å². The summed E-state index contributed by atoms with van der Waals surface area (Å²) < 4.78 is 0. The van der Waals surface area contributed by atoms with Gasteiger partial charge in [0.1, 0.15) is 0 Å². The lowest BCUT2D eigenvalue weighted by molar-refractivity contribution is 0.499. The number of aromatic nitrogens is 3. The third-order valence-corrected chi connectivity index (χ3v) is 4.34. The Labute approximate surface area is 113 Å². The van der Waals surface area contributed by atoms with Crippen molar-refractivity contribution in [3.8, 4) is 0 Å². The van der Waals surface area contributed by atoms with Crippen molar-refractivity contribution in [3.63, 3.8) is 0 Å². The van der Waals surface area contributed by atoms with Crippen LogP contribution in [0, 0.1) is 5.92 Å². The highest BCUT2D eigenvalue weighted by molar-refractivity contribution is 7.99. The van der Waals surface area contributed by atoms with Gasteiger partial charge in [0.2, 0.25) is 0 Å². The van der Waals surface area contributed by atoms with E-state index in [0.717, 1.165) is 28.0 Å². The third-order valence-electron chi connectivity index (χ3n) is 3.23. The number of aromatic amines is 1. The van der Waals surface area contributed by atoms with Gasteiger partial charge in [0.15, 0.2) is 10.8 Å². The molecule has 1 N–H and O–H groups in total. The van der Waals surface area contributed by atoms with Crippen molar-refractivity contribution in [2.24, 2.45) is 5.92 Å². The number of fused-ring (bicyclic) bond motifs is 1. The number of nitrogens with one attached hydrogen (secondary N) is 1. The Morgan fingerprint density at radius 2 is 2.28 bits per heavy atom. The molecule has 1 unspecified atom stereocenters. The first-order chi connectivity index (χ1) is 8.83. The zero-order valence-corrected chi connectivity index (χ0v) is 12.0. The summed E-state index contributed by atoms with van der Waals surface area (Å²) in [7, 11) is 0. The lowest BCUT2D eigenvalue weighted by Gasteiger charge is -2.12. The van der Waals surface area contributed by atoms with E-state index in [2.05, 4.69) is 28.8 Å². The van der Waals surface area contributed by atoms with Crippen LogP contribution in [0.15, 0.2) is 23.5 Å². The fourth-order valence-corrected chi connectivity index (χ4v) is 3.12. The van der Waals surface area contributed by atoms with Gasteiger partial charge < -0.3 is 4.98 Å². The molecule has 0 aliphatic carbocycles. The van der Waals surface area contributed by atoms with E-state index in [9.17, 15) is 0 Å². The van der Waals surface area contributed by atoms with Crippen molar-refractivity contribution >= 4 is 22.9 Å². The summed E-state index contributed by atoms with van der Waals surface area (Å²) in [6, 6.07) is 3.96. The number of imidazole rings is 1. The second-order valence-electron chi connectivity index (χ2n) is 4.64. The fourth-order valence-electron chi connectivity index (χ4n) is 1.99. The highest BCUT2D eigenvalue weighted by Crippen LogP contribution is 2.24. The lowest BCUT2D eigenvalue weighted by Crippen LogP contribution is -2.02. The predicted molar refractivity (Wildman–Crippen MR) is 77.9 cm³/mol. The molecule has 2 aromatic heterocycles. The molecule has 0 radical (unpaired) electrons. The molecule has 0 saturated heterocycles. The van der Waals surface area contributed by atoms with Gasteiger partial charge in [-0.3, -0.25) is 0 Å². The predicted octanol–water partition coefficient (Wildman–Crippen LogP) is 4.27. The van der Waals surface area contributed by atoms with Crippen LogP contribution in [-0.2, 0) is 0 Å². The summed E-state index contributed by atoms with van der Waals surface area (Å²) >= 11 is 1.82. The standard InChI is InChI=1S/C14H21N3S/c1-3-5-7-11(4-2)10-18-14-16-12-8-6-9-15-13(12)17-14/h6,8-9,11H,3-5,7,10H2,1-2H3,(H,15,16,17). The Hall–Kier alpha value is -1.03. The minimum Gasteiger partial charge on any atom is -0.332 e. The summed E-state index contributed by atoms with van der Waals surface area (Å²) in [5.41, 5.74) is 1.85. The van der Waals surface area contributed by atoms with E-state index in [1.807, 2.05) is 23.9 Å². The Bertz CT molecular complexity index is 448. The minimum atomic E-state index is 0.802. The van der Waals surface area contributed by atoms with Crippen LogP contribution >= 0.6 is 11.8 Å². The van der Waals surface area contributed by atoms with Gasteiger partial charge in [0.05, 0.1) is 5.52 Å². The van der Waals surface area contributed by atoms with Gasteiger partial charge in [-0.15, -0.1) is 0 Å². The maximum absolute atomic E-state index is 4.50. The molecule has 2 rings (SSSR count). The van der Waals surface area contributed by atoms with Gasteiger partial charge in [-0.05, 0) is 24.5 Å². The SMILES string of the molecule is CCCCC(CC)CSc1nc2ncccc2[nH]1. The van der Waals surface area contributed by atoms with Gasteiger partial charge in [0, 0.05) is 11.9 Å².